The van der Waals surface area contributed by atoms with Crippen LogP contribution in [-0.4, -0.2) is 32.1 Å². The zero-order chi connectivity index (χ0) is 19.0. The largest absolute Gasteiger partial charge is 0.366 e. The fourth-order valence-electron chi connectivity index (χ4n) is 3.82. The summed E-state index contributed by atoms with van der Waals surface area (Å²) in [4.78, 5) is 2.83. The fraction of sp³-hybridized carbons (Fsp3) is 0.364. The molecule has 0 N–H and O–H groups in total. The van der Waals surface area contributed by atoms with Crippen molar-refractivity contribution in [3.63, 3.8) is 0 Å². The molecule has 142 valence electrons. The molecule has 0 amide bonds. The van der Waals surface area contributed by atoms with Gasteiger partial charge in [0.05, 0.1) is 16.7 Å². The molecule has 2 aliphatic rings. The Hall–Kier alpha value is -1.59. The highest BCUT2D eigenvalue weighted by molar-refractivity contribution is 9.09. The molecule has 5 heteroatoms. The standard InChI is InChI=1S/C22H24BrNO2S/c1-16-7-9-19(10-8-16)24-14-18(13-23)22(17-5-3-2-4-6-17)21(15-24)27(25,26)20-11-12-20/h2-10,18,20H,11-15H2,1H3. The molecule has 1 atom stereocenters. The van der Waals surface area contributed by atoms with Crippen molar-refractivity contribution < 1.29 is 8.42 Å². The van der Waals surface area contributed by atoms with Crippen molar-refractivity contribution in [2.75, 3.05) is 23.3 Å². The Morgan fingerprint density at radius 1 is 1.04 bits per heavy atom. The van der Waals surface area contributed by atoms with Gasteiger partial charge in [0.2, 0.25) is 0 Å². The first kappa shape index (κ1) is 18.8. The first-order valence-electron chi connectivity index (χ1n) is 9.40. The second-order valence-electron chi connectivity index (χ2n) is 7.51. The molecule has 1 saturated carbocycles. The van der Waals surface area contributed by atoms with E-state index in [-0.39, 0.29) is 11.2 Å². The van der Waals surface area contributed by atoms with Gasteiger partial charge in [0, 0.05) is 23.5 Å². The van der Waals surface area contributed by atoms with Gasteiger partial charge in [0.1, 0.15) is 0 Å². The van der Waals surface area contributed by atoms with Gasteiger partial charge < -0.3 is 4.90 Å². The number of anilines is 1. The Labute approximate surface area is 170 Å². The van der Waals surface area contributed by atoms with Crippen LogP contribution < -0.4 is 4.90 Å². The second-order valence-corrected chi connectivity index (χ2v) is 10.4. The van der Waals surface area contributed by atoms with E-state index in [1.807, 2.05) is 30.3 Å². The maximum atomic E-state index is 13.3. The Kier molecular flexibility index (Phi) is 5.17. The predicted molar refractivity (Wildman–Crippen MR) is 116 cm³/mol. The van der Waals surface area contributed by atoms with Crippen LogP contribution in [0.3, 0.4) is 0 Å². The van der Waals surface area contributed by atoms with Crippen LogP contribution in [0.4, 0.5) is 5.69 Å². The van der Waals surface area contributed by atoms with E-state index >= 15 is 0 Å². The maximum Gasteiger partial charge on any atom is 0.179 e. The number of aryl methyl sites for hydroxylation is 1. The summed E-state index contributed by atoms with van der Waals surface area (Å²) >= 11 is 3.65. The summed E-state index contributed by atoms with van der Waals surface area (Å²) in [6, 6.07) is 18.4. The quantitative estimate of drug-likeness (QED) is 0.619. The lowest BCUT2D eigenvalue weighted by Gasteiger charge is -2.37. The molecular formula is C22H24BrNO2S. The average molecular weight is 446 g/mol. The highest BCUT2D eigenvalue weighted by Crippen LogP contribution is 2.42. The van der Waals surface area contributed by atoms with Gasteiger partial charge in [-0.25, -0.2) is 8.42 Å². The van der Waals surface area contributed by atoms with Gasteiger partial charge in [-0.3, -0.25) is 0 Å². The fourth-order valence-corrected chi connectivity index (χ4v) is 6.44. The van der Waals surface area contributed by atoms with E-state index in [0.29, 0.717) is 11.4 Å². The zero-order valence-corrected chi connectivity index (χ0v) is 17.8. The summed E-state index contributed by atoms with van der Waals surface area (Å²) in [5, 5.41) is 0.545. The molecule has 1 fully saturated rings. The molecule has 0 radical (unpaired) electrons. The third-order valence-electron chi connectivity index (χ3n) is 5.46. The number of halogens is 1. The molecule has 2 aromatic carbocycles. The van der Waals surface area contributed by atoms with E-state index < -0.39 is 9.84 Å². The minimum Gasteiger partial charge on any atom is -0.366 e. The number of hydrogen-bond donors (Lipinski definition) is 0. The minimum atomic E-state index is -3.26. The van der Waals surface area contributed by atoms with Crippen LogP contribution in [0, 0.1) is 12.8 Å². The van der Waals surface area contributed by atoms with Crippen molar-refractivity contribution in [3.05, 3.63) is 70.6 Å². The average Bonchev–Trinajstić information content (AvgIpc) is 3.54. The summed E-state index contributed by atoms with van der Waals surface area (Å²) in [7, 11) is -3.26. The van der Waals surface area contributed by atoms with Gasteiger partial charge in [-0.15, -0.1) is 0 Å². The molecule has 0 saturated heterocycles. The van der Waals surface area contributed by atoms with E-state index in [4.69, 9.17) is 0 Å². The first-order chi connectivity index (χ1) is 13.0. The monoisotopic (exact) mass is 445 g/mol. The second kappa shape index (κ2) is 7.44. The Bertz CT molecular complexity index is 948. The molecular weight excluding hydrogens is 422 g/mol. The van der Waals surface area contributed by atoms with Crippen LogP contribution in [0.15, 0.2) is 59.5 Å². The number of alkyl halides is 1. The van der Waals surface area contributed by atoms with E-state index in [1.165, 1.54) is 5.56 Å². The molecule has 2 aromatic rings. The number of nitrogens with zero attached hydrogens (tertiary/aromatic N) is 1. The smallest absolute Gasteiger partial charge is 0.179 e. The van der Waals surface area contributed by atoms with E-state index in [9.17, 15) is 8.42 Å². The van der Waals surface area contributed by atoms with Crippen LogP contribution in [0.1, 0.15) is 24.0 Å². The molecule has 1 aliphatic carbocycles. The summed E-state index contributed by atoms with van der Waals surface area (Å²) in [6.45, 7) is 3.33. The van der Waals surface area contributed by atoms with Crippen molar-refractivity contribution in [1.82, 2.24) is 0 Å². The predicted octanol–water partition coefficient (Wildman–Crippen LogP) is 4.81. The number of rotatable bonds is 5. The van der Waals surface area contributed by atoms with E-state index in [2.05, 4.69) is 52.0 Å². The molecule has 0 aromatic heterocycles. The third kappa shape index (κ3) is 3.72. The Balaban J connectivity index is 1.83. The normalized spacial score (nSPS) is 20.8. The highest BCUT2D eigenvalue weighted by atomic mass is 79.9. The van der Waals surface area contributed by atoms with E-state index in [1.54, 1.807) is 0 Å². The lowest BCUT2D eigenvalue weighted by Crippen LogP contribution is -2.40. The maximum absolute atomic E-state index is 13.3. The Morgan fingerprint density at radius 3 is 2.30 bits per heavy atom. The van der Waals surface area contributed by atoms with Crippen molar-refractivity contribution in [1.29, 1.82) is 0 Å². The third-order valence-corrected chi connectivity index (χ3v) is 8.63. The molecule has 0 bridgehead atoms. The van der Waals surface area contributed by atoms with Crippen LogP contribution >= 0.6 is 15.9 Å². The summed E-state index contributed by atoms with van der Waals surface area (Å²) < 4.78 is 26.6. The number of hydrogen-bond acceptors (Lipinski definition) is 3. The lowest BCUT2D eigenvalue weighted by molar-refractivity contribution is 0.595. The van der Waals surface area contributed by atoms with E-state index in [0.717, 1.165) is 41.5 Å². The van der Waals surface area contributed by atoms with Crippen LogP contribution in [0.25, 0.3) is 5.57 Å². The molecule has 3 nitrogen and oxygen atoms in total. The molecule has 1 unspecified atom stereocenters. The first-order valence-corrected chi connectivity index (χ1v) is 12.1. The zero-order valence-electron chi connectivity index (χ0n) is 15.4. The molecule has 0 spiro atoms. The lowest BCUT2D eigenvalue weighted by atomic mass is 9.90. The highest BCUT2D eigenvalue weighted by Gasteiger charge is 2.43. The van der Waals surface area contributed by atoms with Gasteiger partial charge in [0.15, 0.2) is 9.84 Å². The topological polar surface area (TPSA) is 37.4 Å². The molecule has 27 heavy (non-hydrogen) atoms. The van der Waals surface area contributed by atoms with Crippen molar-refractivity contribution >= 4 is 37.0 Å². The minimum absolute atomic E-state index is 0.131. The SMILES string of the molecule is Cc1ccc(N2CC(S(=O)(=O)C3CC3)=C(c3ccccc3)C(CBr)C2)cc1. The van der Waals surface area contributed by atoms with Crippen molar-refractivity contribution in [2.45, 2.75) is 25.0 Å². The van der Waals surface area contributed by atoms with Crippen LogP contribution in [0.2, 0.25) is 0 Å². The van der Waals surface area contributed by atoms with Gasteiger partial charge in [-0.1, -0.05) is 64.0 Å². The van der Waals surface area contributed by atoms with Gasteiger partial charge >= 0.3 is 0 Å². The van der Waals surface area contributed by atoms with Gasteiger partial charge in [-0.05, 0) is 43.0 Å². The number of sulfone groups is 1. The van der Waals surface area contributed by atoms with Gasteiger partial charge in [0.25, 0.3) is 0 Å². The van der Waals surface area contributed by atoms with Crippen LogP contribution in [-0.2, 0) is 9.84 Å². The Morgan fingerprint density at radius 2 is 1.70 bits per heavy atom. The summed E-state index contributed by atoms with van der Waals surface area (Å²) in [5.41, 5.74) is 4.33. The van der Waals surface area contributed by atoms with Gasteiger partial charge in [-0.2, -0.15) is 0 Å². The van der Waals surface area contributed by atoms with Crippen LogP contribution in [0.5, 0.6) is 0 Å². The van der Waals surface area contributed by atoms with Crippen molar-refractivity contribution in [2.24, 2.45) is 5.92 Å². The summed E-state index contributed by atoms with van der Waals surface area (Å²) in [6.07, 6.45) is 1.58. The molecule has 4 rings (SSSR count). The van der Waals surface area contributed by atoms with Crippen molar-refractivity contribution in [3.8, 4) is 0 Å². The number of benzene rings is 2. The summed E-state index contributed by atoms with van der Waals surface area (Å²) in [5.74, 6) is 0.131. The molecule has 1 heterocycles. The molecule has 1 aliphatic heterocycles.